The summed E-state index contributed by atoms with van der Waals surface area (Å²) in [6, 6.07) is -0.786. The molecule has 0 amide bonds. The number of aliphatic hydroxyl groups excluding tert-OH is 2. The lowest BCUT2D eigenvalue weighted by molar-refractivity contribution is -0.147. The second-order valence-electron chi connectivity index (χ2n) is 8.63. The van der Waals surface area contributed by atoms with Crippen LogP contribution in [0.2, 0.25) is 0 Å². The van der Waals surface area contributed by atoms with E-state index < -0.39 is 36.2 Å². The summed E-state index contributed by atoms with van der Waals surface area (Å²) in [5.74, 6) is 0.676. The Bertz CT molecular complexity index is 684. The van der Waals surface area contributed by atoms with Crippen LogP contribution in [0.5, 0.6) is 0 Å². The van der Waals surface area contributed by atoms with Crippen LogP contribution in [0.15, 0.2) is 12.4 Å². The van der Waals surface area contributed by atoms with Gasteiger partial charge in [-0.15, -0.1) is 0 Å². The quantitative estimate of drug-likeness (QED) is 0.619. The minimum atomic E-state index is -4.61. The van der Waals surface area contributed by atoms with Gasteiger partial charge in [-0.05, 0) is 44.7 Å². The van der Waals surface area contributed by atoms with Crippen molar-refractivity contribution < 1.29 is 28.1 Å². The number of likely N-dealkylation sites (tertiary alicyclic amines) is 1. The van der Waals surface area contributed by atoms with Crippen molar-refractivity contribution in [1.29, 1.82) is 0 Å². The van der Waals surface area contributed by atoms with E-state index in [4.69, 9.17) is 4.74 Å². The molecule has 10 heteroatoms. The summed E-state index contributed by atoms with van der Waals surface area (Å²) >= 11 is 0. The van der Waals surface area contributed by atoms with E-state index in [9.17, 15) is 23.4 Å². The van der Waals surface area contributed by atoms with Gasteiger partial charge in [-0.3, -0.25) is 4.98 Å². The maximum absolute atomic E-state index is 12.8. The standard InChI is InChI=1S/C21H33F3N4O3/c1-2-5-14-6-3-8-28(9-4-7-14)12-16-20(30)19(29)15(13-31-16)26-18-11-25-10-17(27-18)21(22,23)24/h10-11,14-16,19-20,29-30H,2-9,12-13H2,1H3,(H,26,27)/t15-,16+,19+,20-/m0/s1. The predicted molar refractivity (Wildman–Crippen MR) is 110 cm³/mol. The molecule has 0 unspecified atom stereocenters. The monoisotopic (exact) mass is 446 g/mol. The van der Waals surface area contributed by atoms with E-state index in [0.29, 0.717) is 12.7 Å². The van der Waals surface area contributed by atoms with Crippen molar-refractivity contribution in [3.8, 4) is 0 Å². The number of alkyl halides is 3. The van der Waals surface area contributed by atoms with Crippen LogP contribution in [0.4, 0.5) is 19.0 Å². The summed E-state index contributed by atoms with van der Waals surface area (Å²) < 4.78 is 44.3. The van der Waals surface area contributed by atoms with Crippen LogP contribution in [-0.4, -0.2) is 75.7 Å². The molecule has 0 aliphatic carbocycles. The third-order valence-electron chi connectivity index (χ3n) is 6.20. The molecule has 3 N–H and O–H groups in total. The van der Waals surface area contributed by atoms with Crippen LogP contribution >= 0.6 is 0 Å². The Hall–Kier alpha value is -1.49. The van der Waals surface area contributed by atoms with Gasteiger partial charge in [0.2, 0.25) is 0 Å². The zero-order chi connectivity index (χ0) is 22.4. The van der Waals surface area contributed by atoms with Gasteiger partial charge in [0, 0.05) is 6.54 Å². The number of ether oxygens (including phenoxy) is 1. The van der Waals surface area contributed by atoms with Crippen molar-refractivity contribution >= 4 is 5.82 Å². The summed E-state index contributed by atoms with van der Waals surface area (Å²) in [5, 5.41) is 23.8. The highest BCUT2D eigenvalue weighted by Gasteiger charge is 2.40. The van der Waals surface area contributed by atoms with Gasteiger partial charge >= 0.3 is 6.18 Å². The largest absolute Gasteiger partial charge is 0.434 e. The Kier molecular flexibility index (Phi) is 8.49. The first-order valence-corrected chi connectivity index (χ1v) is 11.1. The number of nitrogens with one attached hydrogen (secondary N) is 1. The van der Waals surface area contributed by atoms with E-state index in [1.807, 2.05) is 0 Å². The SMILES string of the molecule is CCCC1CCCN(C[C@H]2OC[C@H](Nc3cncc(C(F)(F)F)n3)[C@@H](O)[C@H]2O)CCC1. The Labute approximate surface area is 181 Å². The summed E-state index contributed by atoms with van der Waals surface area (Å²) in [6.07, 6.45) is 1.41. The van der Waals surface area contributed by atoms with Gasteiger partial charge in [0.05, 0.1) is 31.1 Å². The molecule has 0 saturated carbocycles. The number of nitrogens with zero attached hydrogens (tertiary/aromatic N) is 3. The van der Waals surface area contributed by atoms with Crippen molar-refractivity contribution in [3.63, 3.8) is 0 Å². The van der Waals surface area contributed by atoms with Crippen LogP contribution in [0.1, 0.15) is 51.1 Å². The number of aliphatic hydroxyl groups is 2. The van der Waals surface area contributed by atoms with Gasteiger partial charge in [-0.1, -0.05) is 19.8 Å². The fourth-order valence-electron chi connectivity index (χ4n) is 4.53. The molecule has 3 rings (SSSR count). The van der Waals surface area contributed by atoms with Crippen LogP contribution in [0.25, 0.3) is 0 Å². The molecule has 2 aliphatic heterocycles. The number of halogens is 3. The van der Waals surface area contributed by atoms with E-state index in [1.165, 1.54) is 25.7 Å². The number of anilines is 1. The van der Waals surface area contributed by atoms with Crippen molar-refractivity contribution in [2.45, 2.75) is 76.0 Å². The Morgan fingerprint density at radius 2 is 1.87 bits per heavy atom. The smallest absolute Gasteiger partial charge is 0.388 e. The molecule has 2 fully saturated rings. The molecule has 4 atom stereocenters. The third kappa shape index (κ3) is 6.74. The molecule has 176 valence electrons. The van der Waals surface area contributed by atoms with Crippen LogP contribution < -0.4 is 5.32 Å². The second kappa shape index (κ2) is 10.9. The zero-order valence-corrected chi connectivity index (χ0v) is 17.9. The molecule has 2 aliphatic rings. The van der Waals surface area contributed by atoms with Gasteiger partial charge in [-0.2, -0.15) is 13.2 Å². The van der Waals surface area contributed by atoms with E-state index in [1.54, 1.807) is 0 Å². The van der Waals surface area contributed by atoms with E-state index in [0.717, 1.165) is 38.0 Å². The van der Waals surface area contributed by atoms with Gasteiger partial charge in [0.15, 0.2) is 5.69 Å². The third-order valence-corrected chi connectivity index (χ3v) is 6.20. The molecular formula is C21H33F3N4O3. The highest BCUT2D eigenvalue weighted by atomic mass is 19.4. The molecular weight excluding hydrogens is 413 g/mol. The first-order valence-electron chi connectivity index (χ1n) is 11.1. The zero-order valence-electron chi connectivity index (χ0n) is 17.9. The van der Waals surface area contributed by atoms with Crippen molar-refractivity contribution in [1.82, 2.24) is 14.9 Å². The predicted octanol–water partition coefficient (Wildman–Crippen LogP) is 2.69. The number of rotatable bonds is 6. The van der Waals surface area contributed by atoms with Crippen LogP contribution in [-0.2, 0) is 10.9 Å². The highest BCUT2D eigenvalue weighted by molar-refractivity contribution is 5.34. The molecule has 1 aromatic rings. The fraction of sp³-hybridized carbons (Fsp3) is 0.810. The van der Waals surface area contributed by atoms with Crippen molar-refractivity contribution in [3.05, 3.63) is 18.1 Å². The second-order valence-corrected chi connectivity index (χ2v) is 8.63. The van der Waals surface area contributed by atoms with Crippen molar-refractivity contribution in [2.24, 2.45) is 5.92 Å². The molecule has 0 aromatic carbocycles. The van der Waals surface area contributed by atoms with E-state index in [-0.39, 0.29) is 12.4 Å². The molecule has 1 aromatic heterocycles. The van der Waals surface area contributed by atoms with Crippen LogP contribution in [0, 0.1) is 5.92 Å². The molecule has 0 bridgehead atoms. The normalized spacial score (nSPS) is 29.4. The number of hydrogen-bond acceptors (Lipinski definition) is 7. The van der Waals surface area contributed by atoms with Gasteiger partial charge in [0.1, 0.15) is 18.0 Å². The van der Waals surface area contributed by atoms with Gasteiger partial charge < -0.3 is 25.2 Å². The first kappa shape index (κ1) is 24.2. The number of aromatic nitrogens is 2. The number of hydrogen-bond donors (Lipinski definition) is 3. The lowest BCUT2D eigenvalue weighted by Gasteiger charge is -2.40. The molecule has 0 spiro atoms. The summed E-state index contributed by atoms with van der Waals surface area (Å²) in [7, 11) is 0. The van der Waals surface area contributed by atoms with E-state index in [2.05, 4.69) is 27.1 Å². The van der Waals surface area contributed by atoms with Gasteiger partial charge in [-0.25, -0.2) is 4.98 Å². The minimum Gasteiger partial charge on any atom is -0.388 e. The lowest BCUT2D eigenvalue weighted by atomic mass is 9.91. The minimum absolute atomic E-state index is 0.0488. The Morgan fingerprint density at radius 3 is 2.52 bits per heavy atom. The van der Waals surface area contributed by atoms with Crippen molar-refractivity contribution in [2.75, 3.05) is 31.6 Å². The summed E-state index contributed by atoms with van der Waals surface area (Å²) in [4.78, 5) is 9.32. The Balaban J connectivity index is 1.52. The lowest BCUT2D eigenvalue weighted by Crippen LogP contribution is -2.58. The van der Waals surface area contributed by atoms with E-state index >= 15 is 0 Å². The summed E-state index contributed by atoms with van der Waals surface area (Å²) in [6.45, 7) is 4.66. The highest BCUT2D eigenvalue weighted by Crippen LogP contribution is 2.28. The van der Waals surface area contributed by atoms with Crippen LogP contribution in [0.3, 0.4) is 0 Å². The topological polar surface area (TPSA) is 90.7 Å². The molecule has 7 nitrogen and oxygen atoms in total. The van der Waals surface area contributed by atoms with Gasteiger partial charge in [0.25, 0.3) is 0 Å². The average Bonchev–Trinajstić information content (AvgIpc) is 2.70. The Morgan fingerprint density at radius 1 is 1.16 bits per heavy atom. The molecule has 2 saturated heterocycles. The maximum atomic E-state index is 12.8. The maximum Gasteiger partial charge on any atom is 0.434 e. The first-order chi connectivity index (χ1) is 14.8. The molecule has 3 heterocycles. The molecule has 0 radical (unpaired) electrons. The molecule has 31 heavy (non-hydrogen) atoms. The fourth-order valence-corrected chi connectivity index (χ4v) is 4.53. The summed E-state index contributed by atoms with van der Waals surface area (Å²) in [5.41, 5.74) is -1.12. The average molecular weight is 447 g/mol.